The van der Waals surface area contributed by atoms with Crippen molar-refractivity contribution in [2.24, 2.45) is 5.41 Å². The van der Waals surface area contributed by atoms with E-state index in [1.807, 2.05) is 0 Å². The second kappa shape index (κ2) is 6.50. The molecule has 21 heavy (non-hydrogen) atoms. The maximum absolute atomic E-state index is 3.72. The fourth-order valence-corrected chi connectivity index (χ4v) is 3.79. The molecule has 1 saturated heterocycles. The van der Waals surface area contributed by atoms with E-state index in [1.165, 1.54) is 24.9 Å². The summed E-state index contributed by atoms with van der Waals surface area (Å²) < 4.78 is 0. The highest BCUT2D eigenvalue weighted by Gasteiger charge is 2.33. The van der Waals surface area contributed by atoms with Crippen molar-refractivity contribution in [1.82, 2.24) is 10.2 Å². The molecule has 0 amide bonds. The fourth-order valence-electron chi connectivity index (χ4n) is 3.79. The standard InChI is InChI=1S/C19H32N2/c1-18(2,3)15-19(4,5)21-13-9-12-20-17(14-21)16-10-7-6-8-11-16/h6-8,10-11,17,20H,9,12-15H2,1-5H3. The van der Waals surface area contributed by atoms with Gasteiger partial charge in [0.2, 0.25) is 0 Å². The first kappa shape index (κ1) is 16.5. The second-order valence-electron chi connectivity index (χ2n) is 8.27. The van der Waals surface area contributed by atoms with E-state index < -0.39 is 0 Å². The summed E-state index contributed by atoms with van der Waals surface area (Å²) in [6, 6.07) is 11.3. The SMILES string of the molecule is CC(C)(C)CC(C)(C)N1CCCNC(c2ccccc2)C1. The first-order valence-electron chi connectivity index (χ1n) is 8.31. The molecular weight excluding hydrogens is 256 g/mol. The van der Waals surface area contributed by atoms with Gasteiger partial charge >= 0.3 is 0 Å². The molecule has 1 aromatic rings. The zero-order chi connectivity index (χ0) is 15.5. The summed E-state index contributed by atoms with van der Waals surface area (Å²) in [5.41, 5.74) is 2.03. The highest BCUT2D eigenvalue weighted by molar-refractivity contribution is 5.19. The summed E-state index contributed by atoms with van der Waals surface area (Å²) in [7, 11) is 0. The lowest BCUT2D eigenvalue weighted by atomic mass is 9.80. The summed E-state index contributed by atoms with van der Waals surface area (Å²) in [5, 5.41) is 3.72. The van der Waals surface area contributed by atoms with Gasteiger partial charge < -0.3 is 5.32 Å². The molecule has 0 saturated carbocycles. The predicted molar refractivity (Wildman–Crippen MR) is 91.5 cm³/mol. The molecule has 1 aromatic carbocycles. The molecule has 2 nitrogen and oxygen atoms in total. The van der Waals surface area contributed by atoms with E-state index in [4.69, 9.17) is 0 Å². The number of nitrogens with one attached hydrogen (secondary N) is 1. The topological polar surface area (TPSA) is 15.3 Å². The van der Waals surface area contributed by atoms with Crippen molar-refractivity contribution in [3.05, 3.63) is 35.9 Å². The van der Waals surface area contributed by atoms with Crippen molar-refractivity contribution in [1.29, 1.82) is 0 Å². The summed E-state index contributed by atoms with van der Waals surface area (Å²) in [6.45, 7) is 15.3. The van der Waals surface area contributed by atoms with Crippen LogP contribution >= 0.6 is 0 Å². The second-order valence-corrected chi connectivity index (χ2v) is 8.27. The molecule has 0 radical (unpaired) electrons. The Morgan fingerprint density at radius 1 is 1.10 bits per heavy atom. The van der Waals surface area contributed by atoms with Crippen LogP contribution in [0, 0.1) is 5.41 Å². The molecule has 0 aromatic heterocycles. The van der Waals surface area contributed by atoms with Crippen molar-refractivity contribution in [3.63, 3.8) is 0 Å². The Balaban J connectivity index is 2.13. The third kappa shape index (κ3) is 4.82. The molecule has 2 heteroatoms. The van der Waals surface area contributed by atoms with Crippen LogP contribution in [0.25, 0.3) is 0 Å². The maximum atomic E-state index is 3.72. The zero-order valence-corrected chi connectivity index (χ0v) is 14.4. The average molecular weight is 288 g/mol. The Hall–Kier alpha value is -0.860. The van der Waals surface area contributed by atoms with Crippen molar-refractivity contribution in [2.75, 3.05) is 19.6 Å². The van der Waals surface area contributed by atoms with Gasteiger partial charge in [0, 0.05) is 18.1 Å². The van der Waals surface area contributed by atoms with Gasteiger partial charge in [0.15, 0.2) is 0 Å². The first-order valence-corrected chi connectivity index (χ1v) is 8.31. The maximum Gasteiger partial charge on any atom is 0.0449 e. The van der Waals surface area contributed by atoms with Crippen molar-refractivity contribution < 1.29 is 0 Å². The van der Waals surface area contributed by atoms with Gasteiger partial charge in [-0.25, -0.2) is 0 Å². The van der Waals surface area contributed by atoms with Crippen LogP contribution in [0.3, 0.4) is 0 Å². The molecular formula is C19H32N2. The van der Waals surface area contributed by atoms with Gasteiger partial charge in [-0.3, -0.25) is 4.90 Å². The molecule has 1 aliphatic heterocycles. The summed E-state index contributed by atoms with van der Waals surface area (Å²) in [4.78, 5) is 2.69. The van der Waals surface area contributed by atoms with E-state index in [2.05, 4.69) is 75.2 Å². The zero-order valence-electron chi connectivity index (χ0n) is 14.4. The van der Waals surface area contributed by atoms with Crippen LogP contribution in [0.15, 0.2) is 30.3 Å². The van der Waals surface area contributed by atoms with E-state index in [9.17, 15) is 0 Å². The predicted octanol–water partition coefficient (Wildman–Crippen LogP) is 4.24. The molecule has 2 rings (SSSR count). The third-order valence-corrected chi connectivity index (χ3v) is 4.42. The monoisotopic (exact) mass is 288 g/mol. The first-order chi connectivity index (χ1) is 9.78. The molecule has 1 atom stereocenters. The smallest absolute Gasteiger partial charge is 0.0449 e. The fraction of sp³-hybridized carbons (Fsp3) is 0.684. The minimum Gasteiger partial charge on any atom is -0.309 e. The van der Waals surface area contributed by atoms with Crippen LogP contribution in [-0.2, 0) is 0 Å². The molecule has 0 aliphatic carbocycles. The van der Waals surface area contributed by atoms with Gasteiger partial charge in [0.25, 0.3) is 0 Å². The minimum absolute atomic E-state index is 0.247. The van der Waals surface area contributed by atoms with Crippen molar-refractivity contribution in [3.8, 4) is 0 Å². The quantitative estimate of drug-likeness (QED) is 0.895. The van der Waals surface area contributed by atoms with Gasteiger partial charge in [0.1, 0.15) is 0 Å². The number of nitrogens with zero attached hydrogens (tertiary/aromatic N) is 1. The molecule has 118 valence electrons. The lowest BCUT2D eigenvalue weighted by molar-refractivity contribution is 0.0754. The largest absolute Gasteiger partial charge is 0.309 e. The van der Waals surface area contributed by atoms with E-state index in [0.717, 1.165) is 13.1 Å². The van der Waals surface area contributed by atoms with Crippen LogP contribution in [0.4, 0.5) is 0 Å². The Kier molecular flexibility index (Phi) is 5.11. The number of hydrogen-bond acceptors (Lipinski definition) is 2. The van der Waals surface area contributed by atoms with Gasteiger partial charge in [0.05, 0.1) is 0 Å². The van der Waals surface area contributed by atoms with Crippen LogP contribution in [0.2, 0.25) is 0 Å². The summed E-state index contributed by atoms with van der Waals surface area (Å²) >= 11 is 0. The number of benzene rings is 1. The van der Waals surface area contributed by atoms with Crippen molar-refractivity contribution in [2.45, 2.75) is 59.0 Å². The Morgan fingerprint density at radius 3 is 2.38 bits per heavy atom. The molecule has 0 spiro atoms. The molecule has 1 fully saturated rings. The molecule has 1 unspecified atom stereocenters. The molecule has 1 heterocycles. The lowest BCUT2D eigenvalue weighted by Crippen LogP contribution is -2.48. The number of hydrogen-bond donors (Lipinski definition) is 1. The molecule has 0 bridgehead atoms. The Bertz CT molecular complexity index is 431. The Morgan fingerprint density at radius 2 is 1.76 bits per heavy atom. The van der Waals surface area contributed by atoms with Gasteiger partial charge in [-0.1, -0.05) is 51.1 Å². The van der Waals surface area contributed by atoms with Crippen LogP contribution < -0.4 is 5.32 Å². The van der Waals surface area contributed by atoms with Crippen LogP contribution in [0.1, 0.15) is 59.1 Å². The van der Waals surface area contributed by atoms with Gasteiger partial charge in [-0.15, -0.1) is 0 Å². The average Bonchev–Trinajstić information content (AvgIpc) is 2.63. The van der Waals surface area contributed by atoms with Gasteiger partial charge in [-0.05, 0) is 50.8 Å². The minimum atomic E-state index is 0.247. The highest BCUT2D eigenvalue weighted by atomic mass is 15.2. The van der Waals surface area contributed by atoms with E-state index in [1.54, 1.807) is 0 Å². The number of rotatable bonds is 3. The van der Waals surface area contributed by atoms with Crippen LogP contribution in [0.5, 0.6) is 0 Å². The third-order valence-electron chi connectivity index (χ3n) is 4.42. The van der Waals surface area contributed by atoms with Crippen molar-refractivity contribution >= 4 is 0 Å². The summed E-state index contributed by atoms with van der Waals surface area (Å²) in [6.07, 6.45) is 2.46. The molecule has 1 aliphatic rings. The van der Waals surface area contributed by atoms with E-state index in [-0.39, 0.29) is 5.54 Å². The lowest BCUT2D eigenvalue weighted by Gasteiger charge is -2.43. The summed E-state index contributed by atoms with van der Waals surface area (Å²) in [5.74, 6) is 0. The normalized spacial score (nSPS) is 22.0. The van der Waals surface area contributed by atoms with Crippen LogP contribution in [-0.4, -0.2) is 30.1 Å². The van der Waals surface area contributed by atoms with Gasteiger partial charge in [-0.2, -0.15) is 0 Å². The molecule has 1 N–H and O–H groups in total. The highest BCUT2D eigenvalue weighted by Crippen LogP contribution is 2.33. The van der Waals surface area contributed by atoms with E-state index >= 15 is 0 Å². The van der Waals surface area contributed by atoms with E-state index in [0.29, 0.717) is 11.5 Å². The Labute approximate surface area is 130 Å².